The molecule has 0 spiro atoms. The van der Waals surface area contributed by atoms with Gasteiger partial charge in [-0.1, -0.05) is 30.4 Å². The van der Waals surface area contributed by atoms with E-state index in [1.165, 1.54) is 4.57 Å². The van der Waals surface area contributed by atoms with E-state index in [0.717, 1.165) is 0 Å². The molecule has 5 nitrogen and oxygen atoms in total. The third-order valence-electron chi connectivity index (χ3n) is 7.39. The molecule has 0 amide bonds. The Kier molecular flexibility index (Phi) is 1.55. The molecule has 6 aliphatic rings. The van der Waals surface area contributed by atoms with E-state index in [-0.39, 0.29) is 23.5 Å². The largest absolute Gasteiger partial charge is 0.352 e. The molecule has 1 aromatic heterocycles. The number of aromatic nitrogens is 3. The first-order valence-electron chi connectivity index (χ1n) is 8.49. The summed E-state index contributed by atoms with van der Waals surface area (Å²) in [5.74, 6) is 3.71. The number of benzene rings is 1. The number of nitrogens with zero attached hydrogens (tertiary/aromatic N) is 3. The number of fused-ring (bicyclic) bond motifs is 1. The minimum atomic E-state index is -0.149. The highest BCUT2D eigenvalue weighted by molar-refractivity contribution is 5.36. The summed E-state index contributed by atoms with van der Waals surface area (Å²) in [5.41, 5.74) is 0.381. The lowest BCUT2D eigenvalue weighted by Gasteiger charge is -2.32. The highest BCUT2D eigenvalue weighted by atomic mass is 16.2. The lowest BCUT2D eigenvalue weighted by atomic mass is 9.82. The third kappa shape index (κ3) is 0.902. The van der Waals surface area contributed by atoms with E-state index in [2.05, 4.69) is 12.2 Å². The van der Waals surface area contributed by atoms with Gasteiger partial charge in [0.05, 0.1) is 17.8 Å². The van der Waals surface area contributed by atoms with Crippen molar-refractivity contribution >= 4 is 0 Å². The summed E-state index contributed by atoms with van der Waals surface area (Å²) in [6.45, 7) is 0. The first kappa shape index (κ1) is 11.3. The van der Waals surface area contributed by atoms with Gasteiger partial charge in [-0.25, -0.2) is 23.5 Å². The zero-order valence-electron chi connectivity index (χ0n) is 12.3. The molecule has 5 heteroatoms. The Bertz CT molecular complexity index is 967. The van der Waals surface area contributed by atoms with Crippen LogP contribution in [0, 0.1) is 35.5 Å². The first-order chi connectivity index (χ1) is 11.3. The maximum absolute atomic E-state index is 13.0. The van der Waals surface area contributed by atoms with Crippen LogP contribution in [-0.2, 0) is 0 Å². The van der Waals surface area contributed by atoms with Gasteiger partial charge in [0, 0.05) is 5.92 Å². The van der Waals surface area contributed by atoms with Crippen molar-refractivity contribution in [3.63, 3.8) is 0 Å². The summed E-state index contributed by atoms with van der Waals surface area (Å²) < 4.78 is 4.99. The quantitative estimate of drug-likeness (QED) is 0.744. The second-order valence-electron chi connectivity index (χ2n) is 7.76. The Morgan fingerprint density at radius 1 is 0.696 bits per heavy atom. The monoisotopic (exact) mass is 305 g/mol. The number of rotatable bonds is 1. The molecule has 0 N–H and O–H groups in total. The minimum Gasteiger partial charge on any atom is -0.245 e. The van der Waals surface area contributed by atoms with E-state index in [1.807, 2.05) is 39.7 Å². The number of para-hydroxylation sites is 1. The molecular formula is C18H15N3O2. The highest BCUT2D eigenvalue weighted by Gasteiger charge is 2.79. The van der Waals surface area contributed by atoms with Gasteiger partial charge in [-0.15, -0.1) is 0 Å². The van der Waals surface area contributed by atoms with Crippen LogP contribution < -0.4 is 11.4 Å². The third-order valence-corrected chi connectivity index (χ3v) is 7.39. The van der Waals surface area contributed by atoms with Crippen LogP contribution in [0.4, 0.5) is 0 Å². The molecule has 0 saturated heterocycles. The molecule has 0 unspecified atom stereocenters. The molecule has 5 aliphatic carbocycles. The Labute approximate surface area is 131 Å². The number of hydrogen-bond acceptors (Lipinski definition) is 2. The van der Waals surface area contributed by atoms with Gasteiger partial charge < -0.3 is 0 Å². The zero-order chi connectivity index (χ0) is 15.0. The topological polar surface area (TPSA) is 48.9 Å². The molecule has 8 rings (SSSR count). The molecule has 114 valence electrons. The molecule has 1 aliphatic heterocycles. The van der Waals surface area contributed by atoms with Gasteiger partial charge in [0.1, 0.15) is 0 Å². The average molecular weight is 305 g/mol. The maximum atomic E-state index is 13.0. The van der Waals surface area contributed by atoms with E-state index in [4.69, 9.17) is 0 Å². The van der Waals surface area contributed by atoms with Gasteiger partial charge in [-0.3, -0.25) is 0 Å². The number of allylic oxidation sites excluding steroid dienone is 2. The van der Waals surface area contributed by atoms with Gasteiger partial charge in [0.15, 0.2) is 0 Å². The summed E-state index contributed by atoms with van der Waals surface area (Å²) >= 11 is 0. The van der Waals surface area contributed by atoms with Crippen molar-refractivity contribution in [2.75, 3.05) is 0 Å². The molecule has 0 radical (unpaired) electrons. The predicted octanol–water partition coefficient (Wildman–Crippen LogP) is 1.20. The van der Waals surface area contributed by atoms with Gasteiger partial charge in [-0.05, 0) is 41.7 Å². The standard InChI is InChI=1S/C18H15N3O2/c22-17-19(8-4-2-1-3-5-8)18(23)21-16-13-10-7-6-9-11(10)14(16)15(12(9)13)20(17)21/h1-7,9-16H/t9-,10-,11?,12+,13+,14?,15+,16+/m1/s1. The maximum Gasteiger partial charge on any atom is 0.352 e. The van der Waals surface area contributed by atoms with Gasteiger partial charge in [-0.2, -0.15) is 0 Å². The zero-order valence-corrected chi connectivity index (χ0v) is 12.3. The SMILES string of the molecule is O=c1n(-c2ccccc2)c(=O)n2n1[C@@H]1C3C4[C@H]5C=C[C@H]4[C@@H]([C@H]51)[C@@H]32. The summed E-state index contributed by atoms with van der Waals surface area (Å²) in [6.07, 6.45) is 4.76. The van der Waals surface area contributed by atoms with Crippen LogP contribution in [0.1, 0.15) is 12.1 Å². The fraction of sp³-hybridized carbons (Fsp3) is 0.444. The predicted molar refractivity (Wildman–Crippen MR) is 82.4 cm³/mol. The van der Waals surface area contributed by atoms with Crippen LogP contribution in [0.3, 0.4) is 0 Å². The van der Waals surface area contributed by atoms with Crippen LogP contribution in [0.5, 0.6) is 0 Å². The number of hydrogen-bond donors (Lipinski definition) is 0. The van der Waals surface area contributed by atoms with E-state index in [1.54, 1.807) is 0 Å². The Balaban J connectivity index is 1.53. The van der Waals surface area contributed by atoms with E-state index in [0.29, 0.717) is 41.2 Å². The molecule has 4 fully saturated rings. The summed E-state index contributed by atoms with van der Waals surface area (Å²) in [4.78, 5) is 26.0. The first-order valence-corrected chi connectivity index (χ1v) is 8.49. The van der Waals surface area contributed by atoms with Crippen LogP contribution >= 0.6 is 0 Å². The highest BCUT2D eigenvalue weighted by Crippen LogP contribution is 2.80. The van der Waals surface area contributed by atoms with E-state index < -0.39 is 0 Å². The van der Waals surface area contributed by atoms with Gasteiger partial charge in [0.2, 0.25) is 0 Å². The Hall–Kier alpha value is -2.30. The van der Waals surface area contributed by atoms with E-state index in [9.17, 15) is 9.59 Å². The second kappa shape index (κ2) is 3.16. The summed E-state index contributed by atoms with van der Waals surface area (Å²) in [6, 6.07) is 9.82. The van der Waals surface area contributed by atoms with Crippen molar-refractivity contribution in [1.29, 1.82) is 0 Å². The van der Waals surface area contributed by atoms with E-state index >= 15 is 0 Å². The summed E-state index contributed by atoms with van der Waals surface area (Å²) in [5, 5.41) is 0. The van der Waals surface area contributed by atoms with Crippen LogP contribution in [0.2, 0.25) is 0 Å². The van der Waals surface area contributed by atoms with Crippen molar-refractivity contribution in [2.45, 2.75) is 12.1 Å². The van der Waals surface area contributed by atoms with Crippen molar-refractivity contribution < 1.29 is 0 Å². The molecule has 2 aromatic rings. The molecule has 8 bridgehead atoms. The fourth-order valence-electron chi connectivity index (χ4n) is 7.11. The molecule has 4 saturated carbocycles. The average Bonchev–Trinajstić information content (AvgIpc) is 3.36. The smallest absolute Gasteiger partial charge is 0.245 e. The van der Waals surface area contributed by atoms with Gasteiger partial charge >= 0.3 is 11.4 Å². The van der Waals surface area contributed by atoms with Crippen molar-refractivity contribution in [3.05, 3.63) is 63.5 Å². The Morgan fingerprint density at radius 2 is 1.26 bits per heavy atom. The van der Waals surface area contributed by atoms with Crippen LogP contribution in [0.25, 0.3) is 5.69 Å². The second-order valence-corrected chi connectivity index (χ2v) is 7.76. The Morgan fingerprint density at radius 3 is 1.83 bits per heavy atom. The molecule has 6 atom stereocenters. The molecule has 23 heavy (non-hydrogen) atoms. The lowest BCUT2D eigenvalue weighted by Crippen LogP contribution is -2.38. The lowest BCUT2D eigenvalue weighted by molar-refractivity contribution is 0.176. The van der Waals surface area contributed by atoms with Crippen molar-refractivity contribution in [2.24, 2.45) is 35.5 Å². The normalized spacial score (nSPS) is 45.6. The summed E-state index contributed by atoms with van der Waals surface area (Å²) in [7, 11) is 0. The van der Waals surface area contributed by atoms with Crippen LogP contribution in [-0.4, -0.2) is 13.9 Å². The van der Waals surface area contributed by atoms with Gasteiger partial charge in [0.25, 0.3) is 0 Å². The minimum absolute atomic E-state index is 0.149. The van der Waals surface area contributed by atoms with Crippen molar-refractivity contribution in [1.82, 2.24) is 13.9 Å². The molecule has 1 aromatic carbocycles. The molecule has 2 heterocycles. The fourth-order valence-corrected chi connectivity index (χ4v) is 7.11. The van der Waals surface area contributed by atoms with Crippen LogP contribution in [0.15, 0.2) is 52.1 Å². The molecular weight excluding hydrogens is 290 g/mol. The van der Waals surface area contributed by atoms with Crippen molar-refractivity contribution in [3.8, 4) is 5.69 Å².